The minimum atomic E-state index is 0.455. The van der Waals surface area contributed by atoms with Crippen molar-refractivity contribution in [3.8, 4) is 0 Å². The fourth-order valence-electron chi connectivity index (χ4n) is 1.21. The highest BCUT2D eigenvalue weighted by Gasteiger charge is 1.97. The summed E-state index contributed by atoms with van der Waals surface area (Å²) in [5, 5.41) is 0. The molecule has 0 aromatic rings. The maximum atomic E-state index is 5.79. The molecule has 0 saturated heterocycles. The van der Waals surface area contributed by atoms with E-state index in [1.54, 1.807) is 0 Å². The summed E-state index contributed by atoms with van der Waals surface area (Å²) in [6.07, 6.45) is 9.18. The number of hydrogen-bond donors (Lipinski definition) is 1. The van der Waals surface area contributed by atoms with Crippen LogP contribution in [0, 0.1) is 0 Å². The van der Waals surface area contributed by atoms with Crippen LogP contribution in [-0.2, 0) is 0 Å². The second-order valence-corrected chi connectivity index (χ2v) is 3.37. The summed E-state index contributed by atoms with van der Waals surface area (Å²) < 4.78 is 0. The van der Waals surface area contributed by atoms with Gasteiger partial charge in [0.15, 0.2) is 0 Å². The first-order valence-corrected chi connectivity index (χ1v) is 5.06. The van der Waals surface area contributed by atoms with Crippen LogP contribution in [0.25, 0.3) is 0 Å². The van der Waals surface area contributed by atoms with Crippen molar-refractivity contribution < 1.29 is 0 Å². The van der Waals surface area contributed by atoms with Gasteiger partial charge in [-0.25, -0.2) is 0 Å². The zero-order chi connectivity index (χ0) is 8.53. The van der Waals surface area contributed by atoms with E-state index in [4.69, 9.17) is 5.73 Å². The monoisotopic (exact) mass is 157 g/mol. The van der Waals surface area contributed by atoms with Crippen molar-refractivity contribution in [1.82, 2.24) is 0 Å². The van der Waals surface area contributed by atoms with Gasteiger partial charge in [0.2, 0.25) is 0 Å². The van der Waals surface area contributed by atoms with Gasteiger partial charge in [0.25, 0.3) is 0 Å². The number of unbranched alkanes of at least 4 members (excludes halogenated alkanes) is 4. The van der Waals surface area contributed by atoms with E-state index >= 15 is 0 Å². The molecule has 0 aromatic carbocycles. The van der Waals surface area contributed by atoms with Crippen molar-refractivity contribution in [2.24, 2.45) is 5.73 Å². The second-order valence-electron chi connectivity index (χ2n) is 3.37. The maximum Gasteiger partial charge on any atom is 0.00362 e. The Morgan fingerprint density at radius 1 is 1.00 bits per heavy atom. The van der Waals surface area contributed by atoms with E-state index in [1.165, 1.54) is 38.5 Å². The smallest absolute Gasteiger partial charge is 0.00362 e. The van der Waals surface area contributed by atoms with Crippen LogP contribution in [0.15, 0.2) is 0 Å². The van der Waals surface area contributed by atoms with Crippen molar-refractivity contribution in [1.29, 1.82) is 0 Å². The molecule has 68 valence electrons. The molecule has 2 N–H and O–H groups in total. The first kappa shape index (κ1) is 11.0. The molecule has 1 atom stereocenters. The van der Waals surface area contributed by atoms with Gasteiger partial charge in [-0.1, -0.05) is 46.0 Å². The number of hydrogen-bond acceptors (Lipinski definition) is 1. The molecule has 11 heavy (non-hydrogen) atoms. The summed E-state index contributed by atoms with van der Waals surface area (Å²) in [5.74, 6) is 0. The predicted molar refractivity (Wildman–Crippen MR) is 51.6 cm³/mol. The molecule has 1 nitrogen and oxygen atoms in total. The summed E-state index contributed by atoms with van der Waals surface area (Å²) >= 11 is 0. The van der Waals surface area contributed by atoms with E-state index in [9.17, 15) is 0 Å². The van der Waals surface area contributed by atoms with Crippen molar-refractivity contribution in [2.75, 3.05) is 0 Å². The maximum absolute atomic E-state index is 5.79. The summed E-state index contributed by atoms with van der Waals surface area (Å²) in [7, 11) is 0. The number of nitrogens with two attached hydrogens (primary N) is 1. The fraction of sp³-hybridized carbons (Fsp3) is 1.00. The van der Waals surface area contributed by atoms with E-state index in [0.717, 1.165) is 6.42 Å². The summed E-state index contributed by atoms with van der Waals surface area (Å²) in [5.41, 5.74) is 5.79. The third-order valence-electron chi connectivity index (χ3n) is 2.20. The predicted octanol–water partition coefficient (Wildman–Crippen LogP) is 3.08. The lowest BCUT2D eigenvalue weighted by Crippen LogP contribution is -2.17. The van der Waals surface area contributed by atoms with Crippen molar-refractivity contribution >= 4 is 0 Å². The standard InChI is InChI=1S/C10H23N/c1-3-5-6-7-8-9-10(11)4-2/h10H,3-9,11H2,1-2H3. The van der Waals surface area contributed by atoms with Crippen molar-refractivity contribution in [3.05, 3.63) is 0 Å². The van der Waals surface area contributed by atoms with Crippen LogP contribution < -0.4 is 5.73 Å². The molecule has 0 saturated carbocycles. The second kappa shape index (κ2) is 8.06. The van der Waals surface area contributed by atoms with Crippen LogP contribution in [0.5, 0.6) is 0 Å². The van der Waals surface area contributed by atoms with Gasteiger partial charge in [-0.15, -0.1) is 0 Å². The van der Waals surface area contributed by atoms with Crippen LogP contribution >= 0.6 is 0 Å². The molecule has 1 heteroatoms. The average Bonchev–Trinajstić information content (AvgIpc) is 2.04. The van der Waals surface area contributed by atoms with E-state index < -0.39 is 0 Å². The highest BCUT2D eigenvalue weighted by atomic mass is 14.6. The van der Waals surface area contributed by atoms with E-state index in [2.05, 4.69) is 13.8 Å². The Kier molecular flexibility index (Phi) is 8.03. The molecule has 0 spiro atoms. The number of rotatable bonds is 7. The molecular weight excluding hydrogens is 134 g/mol. The highest BCUT2D eigenvalue weighted by molar-refractivity contribution is 4.57. The third-order valence-corrected chi connectivity index (χ3v) is 2.20. The molecule has 0 rings (SSSR count). The van der Waals surface area contributed by atoms with Gasteiger partial charge in [0.05, 0.1) is 0 Å². The molecular formula is C10H23N. The SMILES string of the molecule is CCCCCCCC(N)CC. The Balaban J connectivity index is 2.89. The lowest BCUT2D eigenvalue weighted by Gasteiger charge is -2.06. The van der Waals surface area contributed by atoms with Crippen LogP contribution in [-0.4, -0.2) is 6.04 Å². The first-order chi connectivity index (χ1) is 5.31. The molecule has 0 amide bonds. The average molecular weight is 157 g/mol. The van der Waals surface area contributed by atoms with Gasteiger partial charge >= 0.3 is 0 Å². The quantitative estimate of drug-likeness (QED) is 0.565. The van der Waals surface area contributed by atoms with Crippen LogP contribution in [0.4, 0.5) is 0 Å². The first-order valence-electron chi connectivity index (χ1n) is 5.06. The van der Waals surface area contributed by atoms with Gasteiger partial charge in [0, 0.05) is 6.04 Å². The summed E-state index contributed by atoms with van der Waals surface area (Å²) in [4.78, 5) is 0. The Bertz CT molecular complexity index is 71.3. The molecule has 1 unspecified atom stereocenters. The topological polar surface area (TPSA) is 26.0 Å². The molecule has 0 heterocycles. The van der Waals surface area contributed by atoms with Gasteiger partial charge < -0.3 is 5.73 Å². The largest absolute Gasteiger partial charge is 0.328 e. The Hall–Kier alpha value is -0.0400. The minimum absolute atomic E-state index is 0.455. The molecule has 0 radical (unpaired) electrons. The summed E-state index contributed by atoms with van der Waals surface area (Å²) in [6.45, 7) is 4.41. The third kappa shape index (κ3) is 7.86. The zero-order valence-electron chi connectivity index (χ0n) is 8.10. The Morgan fingerprint density at radius 2 is 1.64 bits per heavy atom. The molecule has 0 fully saturated rings. The fourth-order valence-corrected chi connectivity index (χ4v) is 1.21. The Labute approximate surface area is 71.4 Å². The zero-order valence-corrected chi connectivity index (χ0v) is 8.10. The van der Waals surface area contributed by atoms with Gasteiger partial charge in [0.1, 0.15) is 0 Å². The van der Waals surface area contributed by atoms with E-state index in [1.807, 2.05) is 0 Å². The van der Waals surface area contributed by atoms with Crippen molar-refractivity contribution in [3.63, 3.8) is 0 Å². The Morgan fingerprint density at radius 3 is 2.18 bits per heavy atom. The van der Waals surface area contributed by atoms with Gasteiger partial charge in [-0.2, -0.15) is 0 Å². The van der Waals surface area contributed by atoms with Crippen LogP contribution in [0.1, 0.15) is 58.8 Å². The highest BCUT2D eigenvalue weighted by Crippen LogP contribution is 2.07. The normalized spacial score (nSPS) is 13.4. The molecule has 0 aliphatic carbocycles. The molecule has 0 aromatic heterocycles. The lowest BCUT2D eigenvalue weighted by molar-refractivity contribution is 0.531. The summed E-state index contributed by atoms with van der Waals surface area (Å²) in [6, 6.07) is 0.455. The molecule has 0 aliphatic rings. The van der Waals surface area contributed by atoms with Crippen molar-refractivity contribution in [2.45, 2.75) is 64.8 Å². The van der Waals surface area contributed by atoms with Crippen LogP contribution in [0.3, 0.4) is 0 Å². The van der Waals surface area contributed by atoms with Gasteiger partial charge in [-0.05, 0) is 12.8 Å². The van der Waals surface area contributed by atoms with Gasteiger partial charge in [-0.3, -0.25) is 0 Å². The minimum Gasteiger partial charge on any atom is -0.328 e. The lowest BCUT2D eigenvalue weighted by atomic mass is 10.1. The molecule has 0 bridgehead atoms. The van der Waals surface area contributed by atoms with E-state index in [0.29, 0.717) is 6.04 Å². The molecule has 0 aliphatic heterocycles. The van der Waals surface area contributed by atoms with E-state index in [-0.39, 0.29) is 0 Å². The van der Waals surface area contributed by atoms with Crippen LogP contribution in [0.2, 0.25) is 0 Å².